The summed E-state index contributed by atoms with van der Waals surface area (Å²) in [6.45, 7) is 0. The Morgan fingerprint density at radius 3 is 2.95 bits per heavy atom. The van der Waals surface area contributed by atoms with Crippen molar-refractivity contribution in [3.63, 3.8) is 0 Å². The van der Waals surface area contributed by atoms with Crippen LogP contribution in [-0.4, -0.2) is 16.6 Å². The minimum absolute atomic E-state index is 0.0401. The zero-order valence-corrected chi connectivity index (χ0v) is 12.7. The van der Waals surface area contributed by atoms with Crippen molar-refractivity contribution < 1.29 is 4.79 Å². The molecule has 3 nitrogen and oxygen atoms in total. The third-order valence-corrected chi connectivity index (χ3v) is 5.26. The summed E-state index contributed by atoms with van der Waals surface area (Å²) in [5, 5.41) is 3.67. The molecular formula is C15H16N2OS2. The van der Waals surface area contributed by atoms with Crippen LogP contribution in [0, 0.1) is 0 Å². The Kier molecular flexibility index (Phi) is 4.38. The number of fused-ring (bicyclic) bond motifs is 1. The number of nitrogens with zero attached hydrogens (tertiary/aromatic N) is 1. The van der Waals surface area contributed by atoms with Gasteiger partial charge >= 0.3 is 0 Å². The Labute approximate surface area is 126 Å². The number of hydrogen-bond acceptors (Lipinski definition) is 4. The second kappa shape index (κ2) is 6.41. The smallest absolute Gasteiger partial charge is 0.236 e. The summed E-state index contributed by atoms with van der Waals surface area (Å²) < 4.78 is 0. The summed E-state index contributed by atoms with van der Waals surface area (Å²) in [6.07, 6.45) is 3.38. The average molecular weight is 304 g/mol. The normalized spacial score (nSPS) is 13.2. The molecule has 0 radical (unpaired) electrons. The lowest BCUT2D eigenvalue weighted by molar-refractivity contribution is -0.113. The molecule has 104 valence electrons. The van der Waals surface area contributed by atoms with E-state index in [0.717, 1.165) is 23.7 Å². The minimum Gasteiger partial charge on any atom is -0.301 e. The molecule has 0 spiro atoms. The van der Waals surface area contributed by atoms with Crippen molar-refractivity contribution in [2.45, 2.75) is 25.0 Å². The Balaban J connectivity index is 1.45. The molecule has 0 saturated heterocycles. The third kappa shape index (κ3) is 3.41. The van der Waals surface area contributed by atoms with Crippen molar-refractivity contribution >= 4 is 34.1 Å². The van der Waals surface area contributed by atoms with Crippen molar-refractivity contribution in [2.24, 2.45) is 0 Å². The van der Waals surface area contributed by atoms with Gasteiger partial charge in [-0.05, 0) is 24.8 Å². The van der Waals surface area contributed by atoms with E-state index < -0.39 is 0 Å². The first kappa shape index (κ1) is 13.6. The zero-order chi connectivity index (χ0) is 13.8. The summed E-state index contributed by atoms with van der Waals surface area (Å²) in [4.78, 5) is 17.7. The summed E-state index contributed by atoms with van der Waals surface area (Å²) >= 11 is 3.26. The molecule has 1 amide bonds. The monoisotopic (exact) mass is 304 g/mol. The molecule has 0 aliphatic heterocycles. The Morgan fingerprint density at radius 1 is 1.30 bits per heavy atom. The number of aromatic nitrogens is 1. The lowest BCUT2D eigenvalue weighted by atomic mass is 10.2. The van der Waals surface area contributed by atoms with Gasteiger partial charge in [0.25, 0.3) is 0 Å². The number of thiazole rings is 1. The number of amides is 1. The van der Waals surface area contributed by atoms with Gasteiger partial charge in [0, 0.05) is 10.6 Å². The molecule has 1 aromatic carbocycles. The summed E-state index contributed by atoms with van der Waals surface area (Å²) in [5.74, 6) is 1.38. The molecule has 1 aliphatic carbocycles. The van der Waals surface area contributed by atoms with E-state index in [1.807, 2.05) is 18.2 Å². The molecule has 0 bridgehead atoms. The van der Waals surface area contributed by atoms with Crippen LogP contribution in [0.3, 0.4) is 0 Å². The van der Waals surface area contributed by atoms with Gasteiger partial charge in [0.05, 0.1) is 11.4 Å². The molecule has 1 N–H and O–H groups in total. The summed E-state index contributed by atoms with van der Waals surface area (Å²) in [7, 11) is 0. The number of benzene rings is 1. The zero-order valence-electron chi connectivity index (χ0n) is 11.1. The highest BCUT2D eigenvalue weighted by molar-refractivity contribution is 7.99. The van der Waals surface area contributed by atoms with Gasteiger partial charge in [-0.25, -0.2) is 4.98 Å². The van der Waals surface area contributed by atoms with Gasteiger partial charge in [-0.2, -0.15) is 0 Å². The van der Waals surface area contributed by atoms with E-state index >= 15 is 0 Å². The maximum absolute atomic E-state index is 11.9. The number of anilines is 1. The van der Waals surface area contributed by atoms with Gasteiger partial charge in [0.1, 0.15) is 0 Å². The van der Waals surface area contributed by atoms with Crippen molar-refractivity contribution in [3.8, 4) is 0 Å². The minimum atomic E-state index is 0.0401. The fraction of sp³-hybridized carbons (Fsp3) is 0.333. The van der Waals surface area contributed by atoms with Gasteiger partial charge in [0.15, 0.2) is 5.13 Å². The third-order valence-electron chi connectivity index (χ3n) is 3.19. The van der Waals surface area contributed by atoms with Crippen molar-refractivity contribution in [1.29, 1.82) is 0 Å². The highest BCUT2D eigenvalue weighted by atomic mass is 32.2. The largest absolute Gasteiger partial charge is 0.301 e. The van der Waals surface area contributed by atoms with Gasteiger partial charge < -0.3 is 5.32 Å². The van der Waals surface area contributed by atoms with Crippen LogP contribution < -0.4 is 5.32 Å². The molecule has 0 saturated carbocycles. The van der Waals surface area contributed by atoms with Crippen molar-refractivity contribution in [2.75, 3.05) is 11.1 Å². The number of hydrogen-bond donors (Lipinski definition) is 1. The number of aryl methyl sites for hydroxylation is 2. The molecule has 1 aromatic heterocycles. The average Bonchev–Trinajstić information content (AvgIpc) is 3.01. The van der Waals surface area contributed by atoms with Crippen molar-refractivity contribution in [3.05, 3.63) is 46.5 Å². The van der Waals surface area contributed by atoms with Crippen LogP contribution in [0.5, 0.6) is 0 Å². The molecule has 2 aromatic rings. The van der Waals surface area contributed by atoms with Gasteiger partial charge in [-0.15, -0.1) is 23.1 Å². The first-order chi connectivity index (χ1) is 9.81. The highest BCUT2D eigenvalue weighted by Crippen LogP contribution is 2.30. The second-order valence-corrected chi connectivity index (χ2v) is 6.84. The Bertz CT molecular complexity index is 574. The number of nitrogens with one attached hydrogen (secondary N) is 1. The first-order valence-corrected chi connectivity index (χ1v) is 8.68. The van der Waals surface area contributed by atoms with Crippen LogP contribution in [0.15, 0.2) is 30.3 Å². The Hall–Kier alpha value is -1.33. The van der Waals surface area contributed by atoms with E-state index in [1.165, 1.54) is 22.6 Å². The molecule has 0 unspecified atom stereocenters. The molecule has 3 rings (SSSR count). The number of carbonyl (C=O) groups is 1. The number of rotatable bonds is 5. The predicted octanol–water partition coefficient (Wildman–Crippen LogP) is 3.50. The summed E-state index contributed by atoms with van der Waals surface area (Å²) in [5.41, 5.74) is 2.43. The molecule has 1 aliphatic rings. The summed E-state index contributed by atoms with van der Waals surface area (Å²) in [6, 6.07) is 10.2. The van der Waals surface area contributed by atoms with Gasteiger partial charge in [0.2, 0.25) is 5.91 Å². The van der Waals surface area contributed by atoms with E-state index in [1.54, 1.807) is 23.1 Å². The van der Waals surface area contributed by atoms with Crippen LogP contribution in [0.2, 0.25) is 0 Å². The molecule has 5 heteroatoms. The second-order valence-electron chi connectivity index (χ2n) is 4.77. The van der Waals surface area contributed by atoms with E-state index in [-0.39, 0.29) is 5.91 Å². The maximum Gasteiger partial charge on any atom is 0.236 e. The van der Waals surface area contributed by atoms with E-state index in [0.29, 0.717) is 5.75 Å². The van der Waals surface area contributed by atoms with E-state index in [9.17, 15) is 4.79 Å². The topological polar surface area (TPSA) is 42.0 Å². The Morgan fingerprint density at radius 2 is 2.15 bits per heavy atom. The fourth-order valence-electron chi connectivity index (χ4n) is 2.24. The number of carbonyl (C=O) groups excluding carboxylic acids is 1. The van der Waals surface area contributed by atoms with Gasteiger partial charge in [-0.1, -0.05) is 30.3 Å². The lowest BCUT2D eigenvalue weighted by Crippen LogP contribution is -2.14. The highest BCUT2D eigenvalue weighted by Gasteiger charge is 2.17. The lowest BCUT2D eigenvalue weighted by Gasteiger charge is -2.02. The van der Waals surface area contributed by atoms with Crippen molar-refractivity contribution in [1.82, 2.24) is 4.98 Å². The molecule has 1 heterocycles. The molecule has 0 fully saturated rings. The fourth-order valence-corrected chi connectivity index (χ4v) is 4.09. The van der Waals surface area contributed by atoms with Crippen LogP contribution in [0.25, 0.3) is 0 Å². The van der Waals surface area contributed by atoms with Gasteiger partial charge in [-0.3, -0.25) is 4.79 Å². The van der Waals surface area contributed by atoms with E-state index in [4.69, 9.17) is 0 Å². The van der Waals surface area contributed by atoms with Crippen LogP contribution in [0.4, 0.5) is 5.13 Å². The standard InChI is InChI=1S/C15H16N2OS2/c18-14(10-19-9-11-5-2-1-3-6-11)17-15-16-12-7-4-8-13(12)20-15/h1-3,5-6H,4,7-10H2,(H,16,17,18). The van der Waals surface area contributed by atoms with Crippen LogP contribution >= 0.6 is 23.1 Å². The van der Waals surface area contributed by atoms with Crippen LogP contribution in [-0.2, 0) is 23.4 Å². The van der Waals surface area contributed by atoms with Crippen LogP contribution in [0.1, 0.15) is 22.6 Å². The molecule has 0 atom stereocenters. The van der Waals surface area contributed by atoms with E-state index in [2.05, 4.69) is 22.4 Å². The maximum atomic E-state index is 11.9. The quantitative estimate of drug-likeness (QED) is 0.919. The molecular weight excluding hydrogens is 288 g/mol. The predicted molar refractivity (Wildman–Crippen MR) is 85.4 cm³/mol. The SMILES string of the molecule is O=C(CSCc1ccccc1)Nc1nc2c(s1)CCC2. The molecule has 20 heavy (non-hydrogen) atoms. The first-order valence-electron chi connectivity index (χ1n) is 6.71. The number of thioether (sulfide) groups is 1.